The first-order valence-electron chi connectivity index (χ1n) is 5.26. The monoisotopic (exact) mass is 279 g/mol. The van der Waals surface area contributed by atoms with Crippen LogP contribution in [0, 0.1) is 0 Å². The van der Waals surface area contributed by atoms with Gasteiger partial charge in [-0.05, 0) is 0 Å². The lowest BCUT2D eigenvalue weighted by Crippen LogP contribution is -2.34. The zero-order chi connectivity index (χ0) is 13.2. The Balaban J connectivity index is 2.34. The molecular weight excluding hydrogens is 267 g/mol. The van der Waals surface area contributed by atoms with Crippen molar-refractivity contribution < 1.29 is 13.2 Å². The first-order valence-corrected chi connectivity index (χ1v) is 6.42. The van der Waals surface area contributed by atoms with Crippen molar-refractivity contribution in [3.63, 3.8) is 0 Å². The molecule has 18 heavy (non-hydrogen) atoms. The molecule has 100 valence electrons. The van der Waals surface area contributed by atoms with Crippen molar-refractivity contribution in [1.29, 1.82) is 0 Å². The molecule has 0 bridgehead atoms. The first-order chi connectivity index (χ1) is 8.50. The second-order valence-electron chi connectivity index (χ2n) is 3.68. The summed E-state index contributed by atoms with van der Waals surface area (Å²) in [4.78, 5) is 8.68. The third kappa shape index (κ3) is 2.96. The Bertz CT molecular complexity index is 419. The maximum Gasteiger partial charge on any atom is 0.451 e. The maximum absolute atomic E-state index is 12.6. The van der Waals surface area contributed by atoms with Crippen molar-refractivity contribution >= 4 is 23.4 Å². The Morgan fingerprint density at radius 2 is 1.94 bits per heavy atom. The molecule has 0 radical (unpaired) electrons. The highest BCUT2D eigenvalue weighted by molar-refractivity contribution is 7.99. The lowest BCUT2D eigenvalue weighted by Gasteiger charge is -2.28. The number of anilines is 2. The number of rotatable bonds is 2. The molecular formula is C9H12F3N5S. The van der Waals surface area contributed by atoms with E-state index in [1.54, 1.807) is 16.7 Å². The average molecular weight is 279 g/mol. The van der Waals surface area contributed by atoms with Gasteiger partial charge in [-0.1, -0.05) is 0 Å². The van der Waals surface area contributed by atoms with Crippen molar-refractivity contribution in [3.8, 4) is 0 Å². The average Bonchev–Trinajstić information content (AvgIpc) is 2.38. The number of hydrogen-bond donors (Lipinski definition) is 2. The second-order valence-corrected chi connectivity index (χ2v) is 4.90. The fourth-order valence-corrected chi connectivity index (χ4v) is 2.49. The van der Waals surface area contributed by atoms with E-state index in [9.17, 15) is 13.2 Å². The molecule has 2 rings (SSSR count). The molecule has 0 spiro atoms. The van der Waals surface area contributed by atoms with E-state index in [4.69, 9.17) is 5.84 Å². The Morgan fingerprint density at radius 3 is 2.50 bits per heavy atom. The first kappa shape index (κ1) is 13.2. The van der Waals surface area contributed by atoms with Gasteiger partial charge >= 0.3 is 6.18 Å². The van der Waals surface area contributed by atoms with Crippen molar-refractivity contribution in [2.24, 2.45) is 5.84 Å². The van der Waals surface area contributed by atoms with Crippen LogP contribution in [-0.4, -0.2) is 34.6 Å². The zero-order valence-corrected chi connectivity index (χ0v) is 10.2. The summed E-state index contributed by atoms with van der Waals surface area (Å²) in [7, 11) is 0. The quantitative estimate of drug-likeness (QED) is 0.629. The smallest absolute Gasteiger partial charge is 0.355 e. The molecule has 3 N–H and O–H groups in total. The van der Waals surface area contributed by atoms with Crippen LogP contribution < -0.4 is 16.2 Å². The molecule has 1 aliphatic rings. The van der Waals surface area contributed by atoms with E-state index in [-0.39, 0.29) is 11.6 Å². The van der Waals surface area contributed by atoms with Gasteiger partial charge in [-0.25, -0.2) is 15.8 Å². The van der Waals surface area contributed by atoms with Crippen LogP contribution in [0.2, 0.25) is 0 Å². The minimum atomic E-state index is -4.58. The van der Waals surface area contributed by atoms with Gasteiger partial charge < -0.3 is 10.3 Å². The number of alkyl halides is 3. The van der Waals surface area contributed by atoms with Crippen LogP contribution >= 0.6 is 11.8 Å². The lowest BCUT2D eigenvalue weighted by atomic mass is 10.4. The van der Waals surface area contributed by atoms with E-state index in [0.29, 0.717) is 13.1 Å². The largest absolute Gasteiger partial charge is 0.451 e. The summed E-state index contributed by atoms with van der Waals surface area (Å²) >= 11 is 1.77. The molecule has 1 fully saturated rings. The fourth-order valence-electron chi connectivity index (χ4n) is 1.59. The minimum absolute atomic E-state index is 0.0365. The molecule has 0 atom stereocenters. The molecule has 1 aliphatic heterocycles. The number of hydrogen-bond acceptors (Lipinski definition) is 6. The number of nitrogens with one attached hydrogen (secondary N) is 1. The summed E-state index contributed by atoms with van der Waals surface area (Å²) in [6.45, 7) is 1.34. The third-order valence-corrected chi connectivity index (χ3v) is 3.39. The molecule has 5 nitrogen and oxygen atoms in total. The third-order valence-electron chi connectivity index (χ3n) is 2.45. The fraction of sp³-hybridized carbons (Fsp3) is 0.556. The molecule has 1 aromatic heterocycles. The summed E-state index contributed by atoms with van der Waals surface area (Å²) in [5, 5.41) is 0. The van der Waals surface area contributed by atoms with Crippen LogP contribution in [0.25, 0.3) is 0 Å². The van der Waals surface area contributed by atoms with Gasteiger partial charge in [0.15, 0.2) is 0 Å². The SMILES string of the molecule is NNc1cc(N2CCSCC2)nc(C(F)(F)F)n1. The van der Waals surface area contributed by atoms with Crippen molar-refractivity contribution in [2.45, 2.75) is 6.18 Å². The summed E-state index contributed by atoms with van der Waals surface area (Å²) in [6.07, 6.45) is -4.58. The lowest BCUT2D eigenvalue weighted by molar-refractivity contribution is -0.144. The number of halogens is 3. The summed E-state index contributed by atoms with van der Waals surface area (Å²) < 4.78 is 37.9. The van der Waals surface area contributed by atoms with Crippen LogP contribution in [0.3, 0.4) is 0 Å². The summed E-state index contributed by atoms with van der Waals surface area (Å²) in [5.74, 6) is 5.92. The van der Waals surface area contributed by atoms with Crippen molar-refractivity contribution in [1.82, 2.24) is 9.97 Å². The number of nitrogens with zero attached hydrogens (tertiary/aromatic N) is 3. The van der Waals surface area contributed by atoms with Gasteiger partial charge in [-0.15, -0.1) is 0 Å². The molecule has 0 saturated carbocycles. The number of nitrogens with two attached hydrogens (primary N) is 1. The van der Waals surface area contributed by atoms with E-state index in [0.717, 1.165) is 11.5 Å². The highest BCUT2D eigenvalue weighted by Gasteiger charge is 2.36. The Hall–Kier alpha value is -1.22. The molecule has 9 heteroatoms. The van der Waals surface area contributed by atoms with E-state index in [1.165, 1.54) is 6.07 Å². The zero-order valence-electron chi connectivity index (χ0n) is 9.37. The molecule has 2 heterocycles. The molecule has 0 aromatic carbocycles. The number of aromatic nitrogens is 2. The van der Waals surface area contributed by atoms with Crippen LogP contribution in [0.1, 0.15) is 5.82 Å². The maximum atomic E-state index is 12.6. The predicted octanol–water partition coefficient (Wildman–Crippen LogP) is 1.33. The van der Waals surface area contributed by atoms with Crippen LogP contribution in [0.4, 0.5) is 24.8 Å². The van der Waals surface area contributed by atoms with Gasteiger partial charge in [0.05, 0.1) is 0 Å². The topological polar surface area (TPSA) is 67.1 Å². The van der Waals surface area contributed by atoms with Gasteiger partial charge in [0.1, 0.15) is 11.6 Å². The number of nitrogen functional groups attached to an aromatic ring is 1. The molecule has 1 aromatic rings. The van der Waals surface area contributed by atoms with Crippen LogP contribution in [0.15, 0.2) is 6.07 Å². The summed E-state index contributed by atoms with van der Waals surface area (Å²) in [6, 6.07) is 1.42. The van der Waals surface area contributed by atoms with Gasteiger partial charge in [-0.3, -0.25) is 0 Å². The molecule has 0 aliphatic carbocycles. The van der Waals surface area contributed by atoms with Crippen LogP contribution in [-0.2, 0) is 6.18 Å². The molecule has 1 saturated heterocycles. The van der Waals surface area contributed by atoms with Crippen LogP contribution in [0.5, 0.6) is 0 Å². The Labute approximate surface area is 106 Å². The van der Waals surface area contributed by atoms with E-state index >= 15 is 0 Å². The predicted molar refractivity (Wildman–Crippen MR) is 64.4 cm³/mol. The number of thioether (sulfide) groups is 1. The van der Waals surface area contributed by atoms with E-state index in [2.05, 4.69) is 15.4 Å². The van der Waals surface area contributed by atoms with Crippen molar-refractivity contribution in [3.05, 3.63) is 11.9 Å². The normalized spacial score (nSPS) is 16.8. The highest BCUT2D eigenvalue weighted by Crippen LogP contribution is 2.29. The second kappa shape index (κ2) is 5.19. The van der Waals surface area contributed by atoms with E-state index < -0.39 is 12.0 Å². The Morgan fingerprint density at radius 1 is 1.28 bits per heavy atom. The van der Waals surface area contributed by atoms with Gasteiger partial charge in [0.25, 0.3) is 0 Å². The number of hydrazine groups is 1. The summed E-state index contributed by atoms with van der Waals surface area (Å²) in [5.41, 5.74) is 2.14. The van der Waals surface area contributed by atoms with Gasteiger partial charge in [-0.2, -0.15) is 24.9 Å². The minimum Gasteiger partial charge on any atom is -0.355 e. The van der Waals surface area contributed by atoms with E-state index in [1.807, 2.05) is 0 Å². The van der Waals surface area contributed by atoms with Gasteiger partial charge in [0.2, 0.25) is 5.82 Å². The highest BCUT2D eigenvalue weighted by atomic mass is 32.2. The van der Waals surface area contributed by atoms with Crippen molar-refractivity contribution in [2.75, 3.05) is 34.9 Å². The standard InChI is InChI=1S/C9H12F3N5S/c10-9(11,12)8-14-6(16-13)5-7(15-8)17-1-3-18-4-2-17/h5H,1-4,13H2,(H,14,15,16). The Kier molecular flexibility index (Phi) is 3.81. The molecule has 0 amide bonds. The van der Waals surface area contributed by atoms with Gasteiger partial charge in [0, 0.05) is 30.7 Å². The molecule has 0 unspecified atom stereocenters.